The lowest BCUT2D eigenvalue weighted by Gasteiger charge is -2.20. The molecule has 2 aliphatic rings. The van der Waals surface area contributed by atoms with Crippen LogP contribution in [0.15, 0.2) is 36.4 Å². The lowest BCUT2D eigenvalue weighted by atomic mass is 9.96. The summed E-state index contributed by atoms with van der Waals surface area (Å²) in [4.78, 5) is 36.0. The van der Waals surface area contributed by atoms with Crippen LogP contribution in [0.25, 0.3) is 0 Å². The highest BCUT2D eigenvalue weighted by Crippen LogP contribution is 2.41. The molecule has 2 N–H and O–H groups in total. The van der Waals surface area contributed by atoms with E-state index < -0.39 is 5.97 Å². The number of Topliss-reactive ketones (excluding diaryl/α,β-unsaturated/α-hetero) is 1. The number of anilines is 3. The predicted molar refractivity (Wildman–Crippen MR) is 141 cm³/mol. The number of hydrogen-bond acceptors (Lipinski definition) is 9. The third kappa shape index (κ3) is 4.81. The molecule has 1 saturated heterocycles. The van der Waals surface area contributed by atoms with Gasteiger partial charge in [0.15, 0.2) is 17.3 Å². The zero-order valence-electron chi connectivity index (χ0n) is 21.6. The van der Waals surface area contributed by atoms with E-state index in [1.54, 1.807) is 33.5 Å². The van der Waals surface area contributed by atoms with E-state index in [9.17, 15) is 9.59 Å². The van der Waals surface area contributed by atoms with Crippen molar-refractivity contribution in [1.82, 2.24) is 9.97 Å². The lowest BCUT2D eigenvalue weighted by molar-refractivity contribution is 0.0696. The molecule has 2 heterocycles. The topological polar surface area (TPSA) is 123 Å². The Bertz CT molecular complexity index is 1350. The van der Waals surface area contributed by atoms with Crippen molar-refractivity contribution in [3.63, 3.8) is 0 Å². The number of carboxylic acids is 1. The Kier molecular flexibility index (Phi) is 7.04. The van der Waals surface area contributed by atoms with Crippen molar-refractivity contribution in [2.24, 2.45) is 5.92 Å². The van der Waals surface area contributed by atoms with Crippen molar-refractivity contribution >= 4 is 29.2 Å². The smallest absolute Gasteiger partial charge is 0.335 e. The Balaban J connectivity index is 1.38. The SMILES string of the molecule is COc1cc(Nc2nc(N3CCC(C(=O)c4ccc(C(=O)O)cc4)C3)nc3c2CCC3)cc(OC)c1OC. The molecule has 10 nitrogen and oxygen atoms in total. The molecule has 0 amide bonds. The average molecular weight is 519 g/mol. The van der Waals surface area contributed by atoms with Gasteiger partial charge >= 0.3 is 5.97 Å². The largest absolute Gasteiger partial charge is 0.493 e. The Labute approximate surface area is 220 Å². The van der Waals surface area contributed by atoms with Crippen LogP contribution in [0, 0.1) is 5.92 Å². The van der Waals surface area contributed by atoms with Crippen molar-refractivity contribution < 1.29 is 28.9 Å². The van der Waals surface area contributed by atoms with E-state index in [1.807, 2.05) is 17.0 Å². The van der Waals surface area contributed by atoms with Crippen LogP contribution in [-0.2, 0) is 12.8 Å². The van der Waals surface area contributed by atoms with Gasteiger partial charge in [0.2, 0.25) is 11.7 Å². The summed E-state index contributed by atoms with van der Waals surface area (Å²) in [6, 6.07) is 9.77. The number of aromatic nitrogens is 2. The molecule has 198 valence electrons. The molecule has 1 unspecified atom stereocenters. The Morgan fingerprint density at radius 2 is 1.66 bits per heavy atom. The van der Waals surface area contributed by atoms with E-state index in [0.717, 1.165) is 42.0 Å². The molecule has 0 saturated carbocycles. The van der Waals surface area contributed by atoms with Crippen LogP contribution in [0.5, 0.6) is 17.2 Å². The second kappa shape index (κ2) is 10.6. The first-order valence-corrected chi connectivity index (χ1v) is 12.5. The number of ether oxygens (including phenoxy) is 3. The minimum atomic E-state index is -1.01. The number of carbonyl (C=O) groups excluding carboxylic acids is 1. The first-order chi connectivity index (χ1) is 18.4. The number of aryl methyl sites for hydroxylation is 1. The van der Waals surface area contributed by atoms with Gasteiger partial charge in [0.05, 0.1) is 32.6 Å². The molecule has 38 heavy (non-hydrogen) atoms. The van der Waals surface area contributed by atoms with Crippen LogP contribution in [0.2, 0.25) is 0 Å². The van der Waals surface area contributed by atoms with Gasteiger partial charge in [-0.3, -0.25) is 4.79 Å². The Hall–Kier alpha value is -4.34. The van der Waals surface area contributed by atoms with Gasteiger partial charge in [-0.15, -0.1) is 0 Å². The molecule has 1 aromatic heterocycles. The summed E-state index contributed by atoms with van der Waals surface area (Å²) in [5.74, 6) is 1.69. The fraction of sp³-hybridized carbons (Fsp3) is 0.357. The number of ketones is 1. The minimum absolute atomic E-state index is 0.00127. The highest BCUT2D eigenvalue weighted by Gasteiger charge is 2.32. The summed E-state index contributed by atoms with van der Waals surface area (Å²) in [6.07, 6.45) is 3.44. The highest BCUT2D eigenvalue weighted by molar-refractivity contribution is 5.99. The van der Waals surface area contributed by atoms with Crippen LogP contribution in [0.4, 0.5) is 17.5 Å². The quantitative estimate of drug-likeness (QED) is 0.400. The number of rotatable bonds is 9. The van der Waals surface area contributed by atoms with E-state index in [1.165, 1.54) is 12.1 Å². The second-order valence-electron chi connectivity index (χ2n) is 9.37. The molecule has 0 bridgehead atoms. The zero-order chi connectivity index (χ0) is 26.8. The number of aromatic carboxylic acids is 1. The van der Waals surface area contributed by atoms with Crippen molar-refractivity contribution in [1.29, 1.82) is 0 Å². The number of fused-ring (bicyclic) bond motifs is 1. The number of hydrogen-bond donors (Lipinski definition) is 2. The molecule has 1 aliphatic carbocycles. The number of nitrogens with one attached hydrogen (secondary N) is 1. The van der Waals surface area contributed by atoms with Gasteiger partial charge in [0, 0.05) is 48.0 Å². The van der Waals surface area contributed by atoms with Crippen LogP contribution >= 0.6 is 0 Å². The van der Waals surface area contributed by atoms with Crippen molar-refractivity contribution in [3.8, 4) is 17.2 Å². The third-order valence-corrected chi connectivity index (χ3v) is 7.11. The molecule has 10 heteroatoms. The van der Waals surface area contributed by atoms with Gasteiger partial charge in [-0.05, 0) is 37.8 Å². The van der Waals surface area contributed by atoms with Gasteiger partial charge in [-0.25, -0.2) is 9.78 Å². The van der Waals surface area contributed by atoms with Gasteiger partial charge < -0.3 is 29.5 Å². The number of methoxy groups -OCH3 is 3. The number of carboxylic acid groups (broad SMARTS) is 1. The number of carbonyl (C=O) groups is 2. The molecule has 1 aliphatic heterocycles. The van der Waals surface area contributed by atoms with E-state index in [0.29, 0.717) is 48.3 Å². The van der Waals surface area contributed by atoms with Gasteiger partial charge in [-0.1, -0.05) is 12.1 Å². The van der Waals surface area contributed by atoms with Crippen molar-refractivity contribution in [3.05, 3.63) is 58.8 Å². The summed E-state index contributed by atoms with van der Waals surface area (Å²) in [6.45, 7) is 1.16. The number of benzene rings is 2. The fourth-order valence-corrected chi connectivity index (χ4v) is 5.12. The molecule has 5 rings (SSSR count). The maximum atomic E-state index is 13.1. The third-order valence-electron chi connectivity index (χ3n) is 7.11. The van der Waals surface area contributed by atoms with Crippen LogP contribution in [0.3, 0.4) is 0 Å². The van der Waals surface area contributed by atoms with E-state index in [-0.39, 0.29) is 17.3 Å². The molecule has 2 aromatic carbocycles. The molecule has 0 spiro atoms. The first kappa shape index (κ1) is 25.3. The summed E-state index contributed by atoms with van der Waals surface area (Å²) >= 11 is 0. The monoisotopic (exact) mass is 518 g/mol. The first-order valence-electron chi connectivity index (χ1n) is 12.5. The maximum absolute atomic E-state index is 13.1. The molecule has 3 aromatic rings. The summed E-state index contributed by atoms with van der Waals surface area (Å²) in [5.41, 5.74) is 3.53. The molecular weight excluding hydrogens is 488 g/mol. The highest BCUT2D eigenvalue weighted by atomic mass is 16.5. The van der Waals surface area contributed by atoms with Gasteiger partial charge in [-0.2, -0.15) is 4.98 Å². The second-order valence-corrected chi connectivity index (χ2v) is 9.37. The van der Waals surface area contributed by atoms with Gasteiger partial charge in [0.25, 0.3) is 0 Å². The standard InChI is InChI=1S/C28H30N4O6/c1-36-22-13-19(14-23(37-2)25(22)38-3)29-26-20-5-4-6-21(20)30-28(31-26)32-12-11-18(15-32)24(33)16-7-9-17(10-8-16)27(34)35/h7-10,13-14,18H,4-6,11-12,15H2,1-3H3,(H,34,35)(H,29,30,31). The Morgan fingerprint density at radius 1 is 0.974 bits per heavy atom. The van der Waals surface area contributed by atoms with Crippen LogP contribution in [0.1, 0.15) is 44.8 Å². The maximum Gasteiger partial charge on any atom is 0.335 e. The summed E-state index contributed by atoms with van der Waals surface area (Å²) in [5, 5.41) is 12.6. The van der Waals surface area contributed by atoms with Crippen molar-refractivity contribution in [2.45, 2.75) is 25.7 Å². The number of nitrogens with zero attached hydrogens (tertiary/aromatic N) is 3. The van der Waals surface area contributed by atoms with E-state index in [4.69, 9.17) is 29.3 Å². The molecule has 1 fully saturated rings. The summed E-state index contributed by atoms with van der Waals surface area (Å²) < 4.78 is 16.4. The molecule has 1 atom stereocenters. The zero-order valence-corrected chi connectivity index (χ0v) is 21.6. The fourth-order valence-electron chi connectivity index (χ4n) is 5.12. The minimum Gasteiger partial charge on any atom is -0.493 e. The predicted octanol–water partition coefficient (Wildman–Crippen LogP) is 4.14. The van der Waals surface area contributed by atoms with E-state index in [2.05, 4.69) is 5.32 Å². The van der Waals surface area contributed by atoms with E-state index >= 15 is 0 Å². The van der Waals surface area contributed by atoms with Crippen molar-refractivity contribution in [2.75, 3.05) is 44.6 Å². The lowest BCUT2D eigenvalue weighted by Crippen LogP contribution is -2.25. The van der Waals surface area contributed by atoms with Crippen LogP contribution < -0.4 is 24.4 Å². The average Bonchev–Trinajstić information content (AvgIpc) is 3.62. The molecule has 0 radical (unpaired) electrons. The normalized spacial score (nSPS) is 16.2. The Morgan fingerprint density at radius 3 is 2.29 bits per heavy atom. The molecular formula is C28H30N4O6. The summed E-state index contributed by atoms with van der Waals surface area (Å²) in [7, 11) is 4.72. The van der Waals surface area contributed by atoms with Gasteiger partial charge in [0.1, 0.15) is 5.82 Å². The van der Waals surface area contributed by atoms with Crippen LogP contribution in [-0.4, -0.2) is 61.2 Å².